The Hall–Kier alpha value is -6.54. The Morgan fingerprint density at radius 1 is 0.385 bits per heavy atom. The van der Waals surface area contributed by atoms with Crippen molar-refractivity contribution in [1.29, 1.82) is 0 Å². The van der Waals surface area contributed by atoms with E-state index in [1.54, 1.807) is 0 Å². The van der Waals surface area contributed by atoms with Crippen LogP contribution in [0.1, 0.15) is 56.8 Å². The van der Waals surface area contributed by atoms with E-state index in [-0.39, 0.29) is 0 Å². The van der Waals surface area contributed by atoms with Crippen LogP contribution < -0.4 is 0 Å². The van der Waals surface area contributed by atoms with Gasteiger partial charge in [0.1, 0.15) is 11.5 Å². The highest BCUT2D eigenvalue weighted by Crippen LogP contribution is 2.40. The van der Waals surface area contributed by atoms with Crippen molar-refractivity contribution in [3.63, 3.8) is 0 Å². The van der Waals surface area contributed by atoms with Crippen molar-refractivity contribution < 1.29 is 9.05 Å². The molecular formula is C44H36N6O2. The maximum atomic E-state index is 5.73. The summed E-state index contributed by atoms with van der Waals surface area (Å²) in [6.45, 7) is 12.0. The highest BCUT2D eigenvalue weighted by Gasteiger charge is 2.23. The molecule has 2 N–H and O–H groups in total. The van der Waals surface area contributed by atoms with E-state index in [2.05, 4.69) is 131 Å². The number of rotatable bonds is 4. The van der Waals surface area contributed by atoms with Crippen molar-refractivity contribution in [3.05, 3.63) is 130 Å². The zero-order chi connectivity index (χ0) is 35.7. The van der Waals surface area contributed by atoms with Gasteiger partial charge in [0.15, 0.2) is 0 Å². The first-order chi connectivity index (χ1) is 25.2. The topological polar surface area (TPSA) is 109 Å². The van der Waals surface area contributed by atoms with Crippen LogP contribution in [0.4, 0.5) is 0 Å². The Bertz CT molecular complexity index is 2560. The van der Waals surface area contributed by atoms with Crippen molar-refractivity contribution in [2.24, 2.45) is 0 Å². The fourth-order valence-electron chi connectivity index (χ4n) is 7.46. The van der Waals surface area contributed by atoms with Gasteiger partial charge < -0.3 is 19.0 Å². The Balaban J connectivity index is 1.50. The molecule has 8 nitrogen and oxygen atoms in total. The van der Waals surface area contributed by atoms with Gasteiger partial charge in [-0.3, -0.25) is 0 Å². The lowest BCUT2D eigenvalue weighted by atomic mass is 10.0. The third-order valence-corrected chi connectivity index (χ3v) is 10.0. The highest BCUT2D eigenvalue weighted by molar-refractivity contribution is 6.00. The van der Waals surface area contributed by atoms with E-state index in [0.29, 0.717) is 0 Å². The zero-order valence-electron chi connectivity index (χ0n) is 29.8. The second kappa shape index (κ2) is 12.1. The van der Waals surface area contributed by atoms with Crippen LogP contribution in [0.2, 0.25) is 0 Å². The number of hydrogen-bond donors (Lipinski definition) is 2. The molecule has 0 aliphatic carbocycles. The first kappa shape index (κ1) is 31.4. The Morgan fingerprint density at radius 2 is 0.712 bits per heavy atom. The van der Waals surface area contributed by atoms with Gasteiger partial charge in [-0.1, -0.05) is 70.0 Å². The van der Waals surface area contributed by atoms with Crippen LogP contribution in [0.25, 0.3) is 90.9 Å². The number of benzene rings is 2. The predicted octanol–water partition coefficient (Wildman–Crippen LogP) is 11.2. The smallest absolute Gasteiger partial charge is 0.141 e. The molecule has 0 atom stereocenters. The number of aromatic nitrogens is 6. The van der Waals surface area contributed by atoms with Crippen molar-refractivity contribution in [1.82, 2.24) is 30.2 Å². The molecule has 9 rings (SSSR count). The van der Waals surface area contributed by atoms with Crippen LogP contribution in [0.5, 0.6) is 0 Å². The molecule has 7 aromatic rings. The molecule has 0 saturated carbocycles. The summed E-state index contributed by atoms with van der Waals surface area (Å²) >= 11 is 0. The third-order valence-electron chi connectivity index (χ3n) is 10.0. The quantitative estimate of drug-likeness (QED) is 0.191. The largest absolute Gasteiger partial charge is 0.361 e. The fraction of sp³-hybridized carbons (Fsp3) is 0.136. The van der Waals surface area contributed by atoms with Gasteiger partial charge in [0.2, 0.25) is 0 Å². The van der Waals surface area contributed by atoms with E-state index in [4.69, 9.17) is 19.0 Å². The van der Waals surface area contributed by atoms with Gasteiger partial charge >= 0.3 is 0 Å². The minimum Gasteiger partial charge on any atom is -0.361 e. The van der Waals surface area contributed by atoms with Gasteiger partial charge in [0.25, 0.3) is 0 Å². The molecule has 2 aliphatic heterocycles. The molecule has 2 aliphatic rings. The van der Waals surface area contributed by atoms with Gasteiger partial charge in [-0.15, -0.1) is 0 Å². The van der Waals surface area contributed by atoms with Crippen molar-refractivity contribution in [3.8, 4) is 44.5 Å². The molecule has 254 valence electrons. The van der Waals surface area contributed by atoms with Crippen LogP contribution in [0.15, 0.2) is 81.8 Å². The minimum atomic E-state index is 0.729. The number of nitrogens with one attached hydrogen (secondary N) is 2. The number of fused-ring (bicyclic) bond motifs is 8. The van der Waals surface area contributed by atoms with Crippen LogP contribution in [0.3, 0.4) is 0 Å². The molecule has 0 radical (unpaired) electrons. The molecule has 0 amide bonds. The summed E-state index contributed by atoms with van der Waals surface area (Å²) < 4.78 is 11.5. The lowest BCUT2D eigenvalue weighted by Crippen LogP contribution is -1.91. The highest BCUT2D eigenvalue weighted by atomic mass is 16.5. The van der Waals surface area contributed by atoms with Crippen molar-refractivity contribution in [2.45, 2.75) is 41.5 Å². The van der Waals surface area contributed by atoms with Gasteiger partial charge in [-0.05, 0) is 101 Å². The average Bonchev–Trinajstić information content (AvgIpc) is 4.00. The van der Waals surface area contributed by atoms with Crippen molar-refractivity contribution >= 4 is 46.4 Å². The Morgan fingerprint density at radius 3 is 1.04 bits per heavy atom. The Kier molecular flexibility index (Phi) is 7.29. The molecule has 2 aromatic carbocycles. The number of hydrogen-bond acceptors (Lipinski definition) is 6. The summed E-state index contributed by atoms with van der Waals surface area (Å²) in [5.41, 5.74) is 18.7. The first-order valence-corrected chi connectivity index (χ1v) is 17.4. The summed E-state index contributed by atoms with van der Waals surface area (Å²) in [5.74, 6) is 1.46. The summed E-state index contributed by atoms with van der Waals surface area (Å²) in [4.78, 5) is 18.3. The molecule has 0 unspecified atom stereocenters. The summed E-state index contributed by atoms with van der Waals surface area (Å²) in [7, 11) is 0. The molecule has 0 fully saturated rings. The predicted molar refractivity (Wildman–Crippen MR) is 209 cm³/mol. The SMILES string of the molecule is Cc1ccc(-c2c3nc(c(-c4c(C)noc4C)c4ccc([nH]4)c(-c4ccc(C)cc4)c4nc(c(-c5c(C)noc5C)c5ccc2[nH]5)C=C4)C=C3)cc1. The van der Waals surface area contributed by atoms with E-state index in [1.807, 2.05) is 27.7 Å². The van der Waals surface area contributed by atoms with Gasteiger partial charge in [-0.2, -0.15) is 0 Å². The summed E-state index contributed by atoms with van der Waals surface area (Å²) in [6.07, 6.45) is 8.37. The lowest BCUT2D eigenvalue weighted by Gasteiger charge is -2.07. The maximum absolute atomic E-state index is 5.73. The summed E-state index contributed by atoms with van der Waals surface area (Å²) in [6, 6.07) is 25.6. The molecule has 52 heavy (non-hydrogen) atoms. The molecule has 0 spiro atoms. The number of aryl methyl sites for hydroxylation is 6. The number of H-pyrrole nitrogens is 2. The van der Waals surface area contributed by atoms with Gasteiger partial charge in [0.05, 0.1) is 45.3 Å². The first-order valence-electron chi connectivity index (χ1n) is 17.4. The lowest BCUT2D eigenvalue weighted by molar-refractivity contribution is 0.393. The second-order valence-electron chi connectivity index (χ2n) is 13.6. The minimum absolute atomic E-state index is 0.729. The summed E-state index contributed by atoms with van der Waals surface area (Å²) in [5, 5.41) is 8.69. The molecule has 8 heteroatoms. The number of nitrogens with zero attached hydrogens (tertiary/aromatic N) is 4. The molecule has 7 heterocycles. The van der Waals surface area contributed by atoms with Gasteiger partial charge in [-0.25, -0.2) is 9.97 Å². The van der Waals surface area contributed by atoms with Crippen molar-refractivity contribution in [2.75, 3.05) is 0 Å². The van der Waals surface area contributed by atoms with E-state index in [1.165, 1.54) is 11.1 Å². The molecule has 5 aromatic heterocycles. The van der Waals surface area contributed by atoms with E-state index < -0.39 is 0 Å². The van der Waals surface area contributed by atoms with Crippen LogP contribution in [-0.4, -0.2) is 30.2 Å². The molecule has 0 saturated heterocycles. The molecule has 8 bridgehead atoms. The number of aromatic amines is 2. The van der Waals surface area contributed by atoms with E-state index >= 15 is 0 Å². The maximum Gasteiger partial charge on any atom is 0.141 e. The van der Waals surface area contributed by atoms with E-state index in [9.17, 15) is 0 Å². The average molecular weight is 681 g/mol. The third kappa shape index (κ3) is 5.14. The monoisotopic (exact) mass is 680 g/mol. The van der Waals surface area contributed by atoms with Crippen LogP contribution in [0, 0.1) is 41.5 Å². The normalized spacial score (nSPS) is 12.3. The standard InChI is InChI=1S/C44H36N6O2/c1-23-7-11-29(12-8-23)41-31-15-19-35(45-31)43(39-25(3)49-51-27(39)5)37-21-17-33(47-37)42(30-13-9-24(2)10-14-30)34-18-22-38(48-34)44(36-20-16-32(41)46-36)40-26(4)50-52-28(40)6/h7-22,45,48H,1-6H3. The Labute approximate surface area is 300 Å². The van der Waals surface area contributed by atoms with Gasteiger partial charge in [0, 0.05) is 44.3 Å². The zero-order valence-corrected chi connectivity index (χ0v) is 29.8. The van der Waals surface area contributed by atoms with E-state index in [0.717, 1.165) is 112 Å². The van der Waals surface area contributed by atoms with Crippen LogP contribution >= 0.6 is 0 Å². The molecular weight excluding hydrogens is 645 g/mol. The second-order valence-corrected chi connectivity index (χ2v) is 13.6. The fourth-order valence-corrected chi connectivity index (χ4v) is 7.46. The van der Waals surface area contributed by atoms with Crippen LogP contribution in [-0.2, 0) is 0 Å².